The maximum absolute atomic E-state index is 12.4. The first-order chi connectivity index (χ1) is 13.7. The molecule has 0 unspecified atom stereocenters. The molecule has 146 valence electrons. The number of imidazole rings is 1. The summed E-state index contributed by atoms with van der Waals surface area (Å²) >= 11 is 5.74. The second-order valence-corrected chi connectivity index (χ2v) is 7.68. The average molecular weight is 395 g/mol. The lowest BCUT2D eigenvalue weighted by atomic mass is 10.0. The molecule has 0 aliphatic carbocycles. The number of para-hydroxylation sites is 2. The van der Waals surface area contributed by atoms with Crippen LogP contribution in [0.5, 0.6) is 0 Å². The van der Waals surface area contributed by atoms with Crippen LogP contribution in [0.3, 0.4) is 0 Å². The highest BCUT2D eigenvalue weighted by molar-refractivity contribution is 7.71. The van der Waals surface area contributed by atoms with Gasteiger partial charge in [0.25, 0.3) is 5.91 Å². The van der Waals surface area contributed by atoms with Gasteiger partial charge in [0.05, 0.1) is 17.7 Å². The highest BCUT2D eigenvalue weighted by atomic mass is 32.1. The van der Waals surface area contributed by atoms with Crippen LogP contribution in [-0.2, 0) is 13.2 Å². The fraction of sp³-hybridized carbons (Fsp3) is 0.364. The van der Waals surface area contributed by atoms with Gasteiger partial charge in [-0.1, -0.05) is 30.3 Å². The summed E-state index contributed by atoms with van der Waals surface area (Å²) in [7, 11) is 0. The van der Waals surface area contributed by atoms with Crippen molar-refractivity contribution in [3.05, 3.63) is 64.9 Å². The van der Waals surface area contributed by atoms with Gasteiger partial charge in [0, 0.05) is 31.2 Å². The van der Waals surface area contributed by atoms with Crippen molar-refractivity contribution in [1.29, 1.82) is 0 Å². The lowest BCUT2D eigenvalue weighted by Gasteiger charge is -2.32. The number of carbonyl (C=O) groups is 1. The molecule has 0 radical (unpaired) electrons. The fourth-order valence-corrected chi connectivity index (χ4v) is 4.38. The van der Waals surface area contributed by atoms with E-state index in [1.807, 2.05) is 30.3 Å². The Balaban J connectivity index is 1.40. The van der Waals surface area contributed by atoms with Gasteiger partial charge in [-0.3, -0.25) is 9.69 Å². The van der Waals surface area contributed by atoms with E-state index in [4.69, 9.17) is 12.2 Å². The lowest BCUT2D eigenvalue weighted by Crippen LogP contribution is -2.45. The summed E-state index contributed by atoms with van der Waals surface area (Å²) < 4.78 is 5.30. The minimum Gasteiger partial charge on any atom is -0.349 e. The predicted molar refractivity (Wildman–Crippen MR) is 115 cm³/mol. The van der Waals surface area contributed by atoms with Crippen molar-refractivity contribution >= 4 is 29.2 Å². The summed E-state index contributed by atoms with van der Waals surface area (Å²) in [4.78, 5) is 14.8. The van der Waals surface area contributed by atoms with Crippen molar-refractivity contribution in [1.82, 2.24) is 19.4 Å². The van der Waals surface area contributed by atoms with Gasteiger partial charge in [-0.05, 0) is 56.2 Å². The molecular formula is C22H26N4OS. The molecule has 2 heterocycles. The number of rotatable bonds is 5. The Labute approximate surface area is 170 Å². The first-order valence-corrected chi connectivity index (χ1v) is 10.3. The zero-order chi connectivity index (χ0) is 19.5. The second kappa shape index (κ2) is 8.29. The number of piperidine rings is 1. The van der Waals surface area contributed by atoms with Crippen molar-refractivity contribution in [3.63, 3.8) is 0 Å². The number of fused-ring (bicyclic) bond motifs is 1. The molecule has 1 fully saturated rings. The molecule has 2 aromatic carbocycles. The van der Waals surface area contributed by atoms with E-state index >= 15 is 0 Å². The van der Waals surface area contributed by atoms with Crippen LogP contribution >= 0.6 is 12.2 Å². The van der Waals surface area contributed by atoms with Crippen LogP contribution in [0.4, 0.5) is 0 Å². The van der Waals surface area contributed by atoms with Crippen LogP contribution in [0.2, 0.25) is 0 Å². The van der Waals surface area contributed by atoms with Crippen LogP contribution in [0.25, 0.3) is 11.0 Å². The number of likely N-dealkylation sites (tertiary alicyclic amines) is 1. The Morgan fingerprint density at radius 1 is 1.00 bits per heavy atom. The topological polar surface area (TPSA) is 42.2 Å². The monoisotopic (exact) mass is 394 g/mol. The first-order valence-electron chi connectivity index (χ1n) is 9.93. The smallest absolute Gasteiger partial charge is 0.251 e. The van der Waals surface area contributed by atoms with Crippen molar-refractivity contribution in [2.75, 3.05) is 13.1 Å². The van der Waals surface area contributed by atoms with Crippen LogP contribution in [0, 0.1) is 4.77 Å². The highest BCUT2D eigenvalue weighted by Crippen LogP contribution is 2.20. The zero-order valence-corrected chi connectivity index (χ0v) is 17.0. The molecule has 0 atom stereocenters. The summed E-state index contributed by atoms with van der Waals surface area (Å²) in [6, 6.07) is 18.1. The number of nitrogens with one attached hydrogen (secondary N) is 1. The molecule has 1 N–H and O–H groups in total. The third-order valence-electron chi connectivity index (χ3n) is 5.54. The van der Waals surface area contributed by atoms with Crippen LogP contribution in [-0.4, -0.2) is 39.1 Å². The summed E-state index contributed by atoms with van der Waals surface area (Å²) in [5, 5.41) is 3.18. The molecule has 6 heteroatoms. The van der Waals surface area contributed by atoms with E-state index in [1.54, 1.807) is 0 Å². The van der Waals surface area contributed by atoms with E-state index in [9.17, 15) is 4.79 Å². The Hall–Kier alpha value is -2.44. The van der Waals surface area contributed by atoms with Gasteiger partial charge in [0.1, 0.15) is 0 Å². The number of amides is 1. The van der Waals surface area contributed by atoms with E-state index < -0.39 is 0 Å². The van der Waals surface area contributed by atoms with Gasteiger partial charge in [-0.15, -0.1) is 0 Å². The summed E-state index contributed by atoms with van der Waals surface area (Å²) in [6.45, 7) is 5.71. The average Bonchev–Trinajstić information content (AvgIpc) is 3.01. The van der Waals surface area contributed by atoms with Crippen LogP contribution < -0.4 is 5.32 Å². The third-order valence-corrected chi connectivity index (χ3v) is 5.98. The molecule has 0 saturated carbocycles. The van der Waals surface area contributed by atoms with Crippen LogP contribution in [0.15, 0.2) is 54.6 Å². The second-order valence-electron chi connectivity index (χ2n) is 7.32. The molecule has 4 rings (SSSR count). The van der Waals surface area contributed by atoms with Gasteiger partial charge in [-0.25, -0.2) is 0 Å². The number of benzene rings is 2. The van der Waals surface area contributed by atoms with Crippen molar-refractivity contribution in [2.45, 2.75) is 39.0 Å². The van der Waals surface area contributed by atoms with Crippen molar-refractivity contribution < 1.29 is 4.79 Å². The Morgan fingerprint density at radius 3 is 2.25 bits per heavy atom. The van der Waals surface area contributed by atoms with Gasteiger partial charge in [-0.2, -0.15) is 0 Å². The lowest BCUT2D eigenvalue weighted by molar-refractivity contribution is 0.0900. The molecule has 0 bridgehead atoms. The normalized spacial score (nSPS) is 15.8. The minimum absolute atomic E-state index is 0.0206. The first kappa shape index (κ1) is 18.9. The number of aromatic nitrogens is 2. The quantitative estimate of drug-likeness (QED) is 0.664. The van der Waals surface area contributed by atoms with Crippen molar-refractivity contribution in [3.8, 4) is 0 Å². The molecular weight excluding hydrogens is 368 g/mol. The van der Waals surface area contributed by atoms with E-state index in [0.29, 0.717) is 0 Å². The Kier molecular flexibility index (Phi) is 5.59. The van der Waals surface area contributed by atoms with Gasteiger partial charge in [0.15, 0.2) is 4.77 Å². The maximum atomic E-state index is 12.4. The summed E-state index contributed by atoms with van der Waals surface area (Å²) in [5.41, 5.74) is 3.11. The molecule has 0 spiro atoms. The summed E-state index contributed by atoms with van der Waals surface area (Å²) in [6.07, 6.45) is 1.91. The fourth-order valence-electron chi connectivity index (χ4n) is 3.99. The van der Waals surface area contributed by atoms with Gasteiger partial charge < -0.3 is 14.5 Å². The molecule has 28 heavy (non-hydrogen) atoms. The predicted octanol–water partition coefficient (Wildman–Crippen LogP) is 4.04. The molecule has 3 aromatic rings. The molecule has 1 amide bonds. The maximum Gasteiger partial charge on any atom is 0.251 e. The van der Waals surface area contributed by atoms with Crippen LogP contribution in [0.1, 0.15) is 30.1 Å². The largest absolute Gasteiger partial charge is 0.349 e. The van der Waals surface area contributed by atoms with E-state index in [1.165, 1.54) is 11.0 Å². The summed E-state index contributed by atoms with van der Waals surface area (Å²) in [5.74, 6) is 0.0206. The SMILES string of the molecule is CCn1c(=S)n(CN2CCC(NC(=O)c3ccccc3)CC2)c2ccccc21. The Bertz CT molecular complexity index is 1020. The molecule has 1 aliphatic rings. The zero-order valence-electron chi connectivity index (χ0n) is 16.2. The van der Waals surface area contributed by atoms with Crippen molar-refractivity contribution in [2.24, 2.45) is 0 Å². The standard InChI is InChI=1S/C22H26N4OS/c1-2-25-19-10-6-7-11-20(19)26(22(25)28)16-24-14-12-18(13-15-24)23-21(27)17-8-4-3-5-9-17/h3-11,18H,2,12-16H2,1H3,(H,23,27). The number of hydrogen-bond donors (Lipinski definition) is 1. The minimum atomic E-state index is 0.0206. The molecule has 1 saturated heterocycles. The van der Waals surface area contributed by atoms with E-state index in [-0.39, 0.29) is 11.9 Å². The molecule has 1 aliphatic heterocycles. The van der Waals surface area contributed by atoms with Gasteiger partial charge in [0.2, 0.25) is 0 Å². The van der Waals surface area contributed by atoms with Gasteiger partial charge >= 0.3 is 0 Å². The van der Waals surface area contributed by atoms with E-state index in [0.717, 1.165) is 49.5 Å². The number of nitrogens with zero attached hydrogens (tertiary/aromatic N) is 3. The number of carbonyl (C=O) groups excluding carboxylic acids is 1. The third kappa shape index (κ3) is 3.75. The molecule has 1 aromatic heterocycles. The van der Waals surface area contributed by atoms with E-state index in [2.05, 4.69) is 50.5 Å². The molecule has 5 nitrogen and oxygen atoms in total. The number of hydrogen-bond acceptors (Lipinski definition) is 3. The Morgan fingerprint density at radius 2 is 1.61 bits per heavy atom. The number of aryl methyl sites for hydroxylation is 1. The highest BCUT2D eigenvalue weighted by Gasteiger charge is 2.22.